The van der Waals surface area contributed by atoms with E-state index in [1.807, 2.05) is 25.1 Å². The van der Waals surface area contributed by atoms with E-state index in [9.17, 15) is 0 Å². The van der Waals surface area contributed by atoms with Crippen LogP contribution in [0, 0.1) is 19.8 Å². The SMILES string of the molecule is Cc1ccc(N2CC(CNc3cc(C)c4ccccc4n3)C2)nn1. The second kappa shape index (κ2) is 6.07. The zero-order valence-electron chi connectivity index (χ0n) is 14.0. The van der Waals surface area contributed by atoms with Gasteiger partial charge in [0.05, 0.1) is 11.2 Å². The lowest BCUT2D eigenvalue weighted by molar-refractivity contribution is 0.425. The largest absolute Gasteiger partial charge is 0.370 e. The van der Waals surface area contributed by atoms with E-state index in [2.05, 4.69) is 51.6 Å². The van der Waals surface area contributed by atoms with Crippen LogP contribution >= 0.6 is 0 Å². The van der Waals surface area contributed by atoms with Crippen LogP contribution in [0.25, 0.3) is 10.9 Å². The molecular weight excluding hydrogens is 298 g/mol. The molecule has 3 aromatic rings. The summed E-state index contributed by atoms with van der Waals surface area (Å²) in [5.41, 5.74) is 3.26. The Balaban J connectivity index is 1.36. The topological polar surface area (TPSA) is 53.9 Å². The molecule has 1 aliphatic heterocycles. The van der Waals surface area contributed by atoms with Gasteiger partial charge in [-0.1, -0.05) is 18.2 Å². The lowest BCUT2D eigenvalue weighted by atomic mass is 10.00. The highest BCUT2D eigenvalue weighted by atomic mass is 15.3. The van der Waals surface area contributed by atoms with Crippen LogP contribution in [0.5, 0.6) is 0 Å². The monoisotopic (exact) mass is 319 g/mol. The second-order valence-electron chi connectivity index (χ2n) is 6.53. The minimum atomic E-state index is 0.613. The Kier molecular flexibility index (Phi) is 3.76. The van der Waals surface area contributed by atoms with Crippen LogP contribution < -0.4 is 10.2 Å². The van der Waals surface area contributed by atoms with Crippen LogP contribution in [0.15, 0.2) is 42.5 Å². The average molecular weight is 319 g/mol. The predicted octanol–water partition coefficient (Wildman–Crippen LogP) is 3.19. The number of nitrogens with zero attached hydrogens (tertiary/aromatic N) is 4. The molecule has 0 radical (unpaired) electrons. The molecule has 1 saturated heterocycles. The van der Waals surface area contributed by atoms with Crippen molar-refractivity contribution in [1.82, 2.24) is 15.2 Å². The fourth-order valence-corrected chi connectivity index (χ4v) is 3.14. The van der Waals surface area contributed by atoms with Crippen molar-refractivity contribution in [3.05, 3.63) is 53.7 Å². The molecule has 0 aliphatic carbocycles. The number of rotatable bonds is 4. The van der Waals surface area contributed by atoms with Crippen LogP contribution in [0.3, 0.4) is 0 Å². The highest BCUT2D eigenvalue weighted by molar-refractivity contribution is 5.83. The van der Waals surface area contributed by atoms with Gasteiger partial charge in [0, 0.05) is 30.9 Å². The molecule has 1 N–H and O–H groups in total. The highest BCUT2D eigenvalue weighted by Crippen LogP contribution is 2.24. The zero-order valence-corrected chi connectivity index (χ0v) is 14.0. The van der Waals surface area contributed by atoms with Gasteiger partial charge in [-0.2, -0.15) is 5.10 Å². The van der Waals surface area contributed by atoms with E-state index in [-0.39, 0.29) is 0 Å². The third kappa shape index (κ3) is 2.89. The van der Waals surface area contributed by atoms with E-state index in [1.54, 1.807) is 0 Å². The summed E-state index contributed by atoms with van der Waals surface area (Å²) >= 11 is 0. The van der Waals surface area contributed by atoms with Gasteiger partial charge in [-0.3, -0.25) is 0 Å². The van der Waals surface area contributed by atoms with Gasteiger partial charge < -0.3 is 10.2 Å². The van der Waals surface area contributed by atoms with Crippen LogP contribution in [0.1, 0.15) is 11.3 Å². The number of para-hydroxylation sites is 1. The van der Waals surface area contributed by atoms with Gasteiger partial charge in [-0.15, -0.1) is 5.10 Å². The number of hydrogen-bond donors (Lipinski definition) is 1. The Hall–Kier alpha value is -2.69. The highest BCUT2D eigenvalue weighted by Gasteiger charge is 2.27. The molecule has 5 heteroatoms. The molecule has 2 aromatic heterocycles. The van der Waals surface area contributed by atoms with Crippen molar-refractivity contribution in [3.8, 4) is 0 Å². The normalized spacial score (nSPS) is 14.7. The third-order valence-electron chi connectivity index (χ3n) is 4.56. The van der Waals surface area contributed by atoms with Crippen molar-refractivity contribution in [2.45, 2.75) is 13.8 Å². The molecule has 24 heavy (non-hydrogen) atoms. The molecule has 5 nitrogen and oxygen atoms in total. The van der Waals surface area contributed by atoms with Gasteiger partial charge in [0.25, 0.3) is 0 Å². The first-order valence-corrected chi connectivity index (χ1v) is 8.34. The average Bonchev–Trinajstić information content (AvgIpc) is 2.55. The number of benzene rings is 1. The van der Waals surface area contributed by atoms with Crippen molar-refractivity contribution >= 4 is 22.5 Å². The Labute approximate surface area is 141 Å². The summed E-state index contributed by atoms with van der Waals surface area (Å²) in [7, 11) is 0. The van der Waals surface area contributed by atoms with Gasteiger partial charge in [0.1, 0.15) is 5.82 Å². The fraction of sp³-hybridized carbons (Fsp3) is 0.316. The Morgan fingerprint density at radius 3 is 2.71 bits per heavy atom. The molecule has 1 fully saturated rings. The summed E-state index contributed by atoms with van der Waals surface area (Å²) in [6.45, 7) is 7.05. The number of aryl methyl sites for hydroxylation is 2. The lowest BCUT2D eigenvalue weighted by Crippen LogP contribution is -2.50. The standard InChI is InChI=1S/C19H21N5/c1-13-9-18(21-17-6-4-3-5-16(13)17)20-10-15-11-24(12-15)19-8-7-14(2)22-23-19/h3-9,15H,10-12H2,1-2H3,(H,20,21). The smallest absolute Gasteiger partial charge is 0.151 e. The number of pyridine rings is 1. The van der Waals surface area contributed by atoms with Gasteiger partial charge in [0.2, 0.25) is 0 Å². The first kappa shape index (κ1) is 14.9. The molecule has 0 amide bonds. The number of aromatic nitrogens is 3. The zero-order chi connectivity index (χ0) is 16.5. The van der Waals surface area contributed by atoms with Crippen molar-refractivity contribution in [2.75, 3.05) is 29.9 Å². The summed E-state index contributed by atoms with van der Waals surface area (Å²) in [6.07, 6.45) is 0. The summed E-state index contributed by atoms with van der Waals surface area (Å²) < 4.78 is 0. The van der Waals surface area contributed by atoms with Gasteiger partial charge >= 0.3 is 0 Å². The van der Waals surface area contributed by atoms with Crippen molar-refractivity contribution < 1.29 is 0 Å². The quantitative estimate of drug-likeness (QED) is 0.800. The molecule has 122 valence electrons. The van der Waals surface area contributed by atoms with E-state index in [0.29, 0.717) is 5.92 Å². The molecule has 4 rings (SSSR count). The van der Waals surface area contributed by atoms with E-state index < -0.39 is 0 Å². The summed E-state index contributed by atoms with van der Waals surface area (Å²) in [6, 6.07) is 14.5. The molecular formula is C19H21N5. The van der Waals surface area contributed by atoms with Crippen LogP contribution in [-0.4, -0.2) is 34.8 Å². The van der Waals surface area contributed by atoms with Gasteiger partial charge in [-0.25, -0.2) is 4.98 Å². The number of anilines is 2. The van der Waals surface area contributed by atoms with Gasteiger partial charge in [-0.05, 0) is 43.7 Å². The van der Waals surface area contributed by atoms with Crippen molar-refractivity contribution in [3.63, 3.8) is 0 Å². The second-order valence-corrected chi connectivity index (χ2v) is 6.53. The summed E-state index contributed by atoms with van der Waals surface area (Å²) in [5.74, 6) is 2.54. The first-order chi connectivity index (χ1) is 11.7. The first-order valence-electron chi connectivity index (χ1n) is 8.34. The maximum absolute atomic E-state index is 4.71. The molecule has 3 heterocycles. The van der Waals surface area contributed by atoms with Gasteiger partial charge in [0.15, 0.2) is 5.82 Å². The lowest BCUT2D eigenvalue weighted by Gasteiger charge is -2.40. The molecule has 0 atom stereocenters. The summed E-state index contributed by atoms with van der Waals surface area (Å²) in [4.78, 5) is 6.97. The van der Waals surface area contributed by atoms with Crippen molar-refractivity contribution in [1.29, 1.82) is 0 Å². The minimum Gasteiger partial charge on any atom is -0.370 e. The molecule has 0 bridgehead atoms. The van der Waals surface area contributed by atoms with E-state index in [0.717, 1.165) is 42.5 Å². The maximum Gasteiger partial charge on any atom is 0.151 e. The molecule has 0 unspecified atom stereocenters. The van der Waals surface area contributed by atoms with Crippen LogP contribution in [0.4, 0.5) is 11.6 Å². The van der Waals surface area contributed by atoms with Crippen LogP contribution in [0.2, 0.25) is 0 Å². The Bertz CT molecular complexity index is 853. The molecule has 0 saturated carbocycles. The third-order valence-corrected chi connectivity index (χ3v) is 4.56. The molecule has 1 aromatic carbocycles. The van der Waals surface area contributed by atoms with Crippen LogP contribution in [-0.2, 0) is 0 Å². The number of nitrogens with one attached hydrogen (secondary N) is 1. The Morgan fingerprint density at radius 1 is 1.08 bits per heavy atom. The Morgan fingerprint density at radius 2 is 1.92 bits per heavy atom. The fourth-order valence-electron chi connectivity index (χ4n) is 3.14. The van der Waals surface area contributed by atoms with E-state index >= 15 is 0 Å². The maximum atomic E-state index is 4.71. The molecule has 0 spiro atoms. The van der Waals surface area contributed by atoms with Crippen molar-refractivity contribution in [2.24, 2.45) is 5.92 Å². The van der Waals surface area contributed by atoms with E-state index in [1.165, 1.54) is 10.9 Å². The van der Waals surface area contributed by atoms with E-state index in [4.69, 9.17) is 4.98 Å². The minimum absolute atomic E-state index is 0.613. The number of fused-ring (bicyclic) bond motifs is 1. The summed E-state index contributed by atoms with van der Waals surface area (Å²) in [5, 5.41) is 13.1. The molecule has 1 aliphatic rings. The number of hydrogen-bond acceptors (Lipinski definition) is 5. The predicted molar refractivity (Wildman–Crippen MR) is 97.4 cm³/mol.